The molecule has 0 saturated carbocycles. The van der Waals surface area contributed by atoms with E-state index in [0.717, 1.165) is 11.6 Å². The lowest BCUT2D eigenvalue weighted by atomic mass is 10.5. The summed E-state index contributed by atoms with van der Waals surface area (Å²) in [5.41, 5.74) is 0. The summed E-state index contributed by atoms with van der Waals surface area (Å²) in [6.07, 6.45) is 0. The molecule has 0 N–H and O–H groups in total. The Morgan fingerprint density at radius 1 is 0.909 bits per heavy atom. The second-order valence-electron chi connectivity index (χ2n) is 2.70. The summed E-state index contributed by atoms with van der Waals surface area (Å²) < 4.78 is 4.58. The average molecular weight is 156 g/mol. The van der Waals surface area contributed by atoms with Crippen LogP contribution < -0.4 is 9.80 Å². The zero-order chi connectivity index (χ0) is 8.43. The molecule has 11 heavy (non-hydrogen) atoms. The van der Waals surface area contributed by atoms with Crippen molar-refractivity contribution in [1.29, 1.82) is 0 Å². The minimum atomic E-state index is 0.745. The van der Waals surface area contributed by atoms with Crippen LogP contribution in [0.4, 0.5) is 11.6 Å². The first-order chi connectivity index (χ1) is 5.13. The summed E-state index contributed by atoms with van der Waals surface area (Å²) in [6, 6.07) is 0. The predicted octanol–water partition coefficient (Wildman–Crippen LogP) is 0.202. The van der Waals surface area contributed by atoms with E-state index in [1.54, 1.807) is 0 Å². The largest absolute Gasteiger partial charge is 0.357 e. The van der Waals surface area contributed by atoms with Crippen molar-refractivity contribution in [2.24, 2.45) is 0 Å². The van der Waals surface area contributed by atoms with Crippen LogP contribution in [0.15, 0.2) is 4.63 Å². The van der Waals surface area contributed by atoms with E-state index in [9.17, 15) is 0 Å². The number of hydrogen-bond acceptors (Lipinski definition) is 5. The van der Waals surface area contributed by atoms with Crippen molar-refractivity contribution < 1.29 is 4.63 Å². The van der Waals surface area contributed by atoms with Crippen LogP contribution in [-0.4, -0.2) is 38.5 Å². The normalized spacial score (nSPS) is 9.82. The van der Waals surface area contributed by atoms with Gasteiger partial charge in [0.2, 0.25) is 11.6 Å². The molecule has 1 heterocycles. The lowest BCUT2D eigenvalue weighted by Crippen LogP contribution is -2.16. The van der Waals surface area contributed by atoms with E-state index in [1.807, 2.05) is 38.0 Å². The van der Waals surface area contributed by atoms with E-state index < -0.39 is 0 Å². The minimum Gasteiger partial charge on any atom is -0.357 e. The highest BCUT2D eigenvalue weighted by Crippen LogP contribution is 2.20. The van der Waals surface area contributed by atoms with Gasteiger partial charge in [-0.2, -0.15) is 0 Å². The molecular weight excluding hydrogens is 144 g/mol. The zero-order valence-corrected chi connectivity index (χ0v) is 7.20. The quantitative estimate of drug-likeness (QED) is 0.612. The van der Waals surface area contributed by atoms with Crippen LogP contribution in [0.3, 0.4) is 0 Å². The van der Waals surface area contributed by atoms with Gasteiger partial charge in [0.25, 0.3) is 0 Å². The van der Waals surface area contributed by atoms with Gasteiger partial charge in [0.05, 0.1) is 0 Å². The summed E-state index contributed by atoms with van der Waals surface area (Å²) in [7, 11) is 7.58. The molecule has 0 bridgehead atoms. The van der Waals surface area contributed by atoms with Crippen molar-refractivity contribution in [3.63, 3.8) is 0 Å². The molecule has 0 aliphatic rings. The van der Waals surface area contributed by atoms with Gasteiger partial charge in [-0.15, -0.1) is 0 Å². The molecule has 0 fully saturated rings. The predicted molar refractivity (Wildman–Crippen MR) is 43.0 cm³/mol. The monoisotopic (exact) mass is 156 g/mol. The van der Waals surface area contributed by atoms with Crippen LogP contribution in [0.2, 0.25) is 0 Å². The minimum absolute atomic E-state index is 0.745. The molecule has 0 saturated heterocycles. The molecule has 0 aliphatic carbocycles. The second-order valence-corrected chi connectivity index (χ2v) is 2.70. The number of nitrogens with zero attached hydrogens (tertiary/aromatic N) is 4. The molecule has 0 atom stereocenters. The van der Waals surface area contributed by atoms with Crippen LogP contribution in [0.25, 0.3) is 0 Å². The van der Waals surface area contributed by atoms with Crippen LogP contribution in [0, 0.1) is 0 Å². The average Bonchev–Trinajstić information content (AvgIpc) is 2.32. The van der Waals surface area contributed by atoms with Crippen molar-refractivity contribution in [3.05, 3.63) is 0 Å². The summed E-state index contributed by atoms with van der Waals surface area (Å²) in [4.78, 5) is 3.71. The third-order valence-electron chi connectivity index (χ3n) is 1.30. The van der Waals surface area contributed by atoms with Crippen molar-refractivity contribution in [3.8, 4) is 0 Å². The Morgan fingerprint density at radius 2 is 1.27 bits per heavy atom. The fourth-order valence-electron chi connectivity index (χ4n) is 0.743. The van der Waals surface area contributed by atoms with Crippen molar-refractivity contribution >= 4 is 11.6 Å². The Hall–Kier alpha value is -1.26. The molecule has 5 heteroatoms. The fraction of sp³-hybridized carbons (Fsp3) is 0.667. The van der Waals surface area contributed by atoms with Gasteiger partial charge < -0.3 is 9.80 Å². The SMILES string of the molecule is CN(C)c1nonc1N(C)C. The molecule has 0 aromatic carbocycles. The molecule has 62 valence electrons. The van der Waals surface area contributed by atoms with Gasteiger partial charge in [-0.1, -0.05) is 0 Å². The molecule has 0 unspecified atom stereocenters. The zero-order valence-electron chi connectivity index (χ0n) is 7.20. The first-order valence-electron chi connectivity index (χ1n) is 3.30. The summed E-state index contributed by atoms with van der Waals surface area (Å²) >= 11 is 0. The van der Waals surface area contributed by atoms with Gasteiger partial charge in [-0.05, 0) is 10.3 Å². The molecule has 1 rings (SSSR count). The molecule has 0 aliphatic heterocycles. The van der Waals surface area contributed by atoms with Gasteiger partial charge >= 0.3 is 0 Å². The molecule has 0 radical (unpaired) electrons. The van der Waals surface area contributed by atoms with E-state index >= 15 is 0 Å². The highest BCUT2D eigenvalue weighted by molar-refractivity contribution is 5.59. The van der Waals surface area contributed by atoms with Gasteiger partial charge in [-0.3, -0.25) is 0 Å². The molecule has 0 amide bonds. The Balaban J connectivity index is 2.96. The lowest BCUT2D eigenvalue weighted by molar-refractivity contribution is 0.308. The molecule has 1 aromatic rings. The third-order valence-corrected chi connectivity index (χ3v) is 1.30. The van der Waals surface area contributed by atoms with Crippen molar-refractivity contribution in [1.82, 2.24) is 10.3 Å². The van der Waals surface area contributed by atoms with Crippen LogP contribution in [0.5, 0.6) is 0 Å². The number of hydrogen-bond donors (Lipinski definition) is 0. The number of aromatic nitrogens is 2. The topological polar surface area (TPSA) is 45.4 Å². The van der Waals surface area contributed by atoms with E-state index in [0.29, 0.717) is 0 Å². The van der Waals surface area contributed by atoms with Gasteiger partial charge in [0, 0.05) is 28.2 Å². The van der Waals surface area contributed by atoms with E-state index in [-0.39, 0.29) is 0 Å². The molecule has 1 aromatic heterocycles. The maximum Gasteiger partial charge on any atom is 0.217 e. The van der Waals surface area contributed by atoms with E-state index in [4.69, 9.17) is 0 Å². The highest BCUT2D eigenvalue weighted by Gasteiger charge is 2.12. The standard InChI is InChI=1S/C6H12N4O/c1-9(2)5-6(10(3)4)8-11-7-5/h1-4H3. The Morgan fingerprint density at radius 3 is 1.55 bits per heavy atom. The number of anilines is 2. The van der Waals surface area contributed by atoms with Crippen molar-refractivity contribution in [2.45, 2.75) is 0 Å². The maximum absolute atomic E-state index is 4.58. The van der Waals surface area contributed by atoms with Gasteiger partial charge in [-0.25, -0.2) is 4.63 Å². The fourth-order valence-corrected chi connectivity index (χ4v) is 0.743. The Kier molecular flexibility index (Phi) is 1.98. The van der Waals surface area contributed by atoms with E-state index in [2.05, 4.69) is 14.9 Å². The Bertz CT molecular complexity index is 208. The van der Waals surface area contributed by atoms with Crippen LogP contribution in [-0.2, 0) is 0 Å². The van der Waals surface area contributed by atoms with E-state index in [1.165, 1.54) is 0 Å². The summed E-state index contributed by atoms with van der Waals surface area (Å²) in [5.74, 6) is 1.49. The molecule has 0 spiro atoms. The van der Waals surface area contributed by atoms with Crippen LogP contribution in [0.1, 0.15) is 0 Å². The molecule has 5 nitrogen and oxygen atoms in total. The van der Waals surface area contributed by atoms with Crippen LogP contribution >= 0.6 is 0 Å². The first kappa shape index (κ1) is 7.84. The Labute approximate surface area is 65.5 Å². The summed E-state index contributed by atoms with van der Waals surface area (Å²) in [5, 5.41) is 7.47. The second kappa shape index (κ2) is 2.77. The lowest BCUT2D eigenvalue weighted by Gasteiger charge is -2.12. The third kappa shape index (κ3) is 1.42. The first-order valence-corrected chi connectivity index (χ1v) is 3.30. The number of rotatable bonds is 2. The summed E-state index contributed by atoms with van der Waals surface area (Å²) in [6.45, 7) is 0. The molecular formula is C6H12N4O. The maximum atomic E-state index is 4.58. The van der Waals surface area contributed by atoms with Gasteiger partial charge in [0.1, 0.15) is 0 Å². The van der Waals surface area contributed by atoms with Crippen molar-refractivity contribution in [2.75, 3.05) is 38.0 Å². The highest BCUT2D eigenvalue weighted by atomic mass is 16.6. The smallest absolute Gasteiger partial charge is 0.217 e. The van der Waals surface area contributed by atoms with Gasteiger partial charge in [0.15, 0.2) is 0 Å².